The van der Waals surface area contributed by atoms with Crippen LogP contribution in [-0.2, 0) is 6.42 Å². The summed E-state index contributed by atoms with van der Waals surface area (Å²) in [4.78, 5) is 18.6. The number of carbonyl (C=O) groups excluding carboxylic acids is 1. The maximum Gasteiger partial charge on any atom is 0.321 e. The van der Waals surface area contributed by atoms with Crippen LogP contribution in [0.5, 0.6) is 0 Å². The molecule has 7 nitrogen and oxygen atoms in total. The summed E-state index contributed by atoms with van der Waals surface area (Å²) in [5.74, 6) is 0.975. The summed E-state index contributed by atoms with van der Waals surface area (Å²) < 4.78 is 5.40. The highest BCUT2D eigenvalue weighted by atomic mass is 16.4. The third-order valence-corrected chi connectivity index (χ3v) is 4.37. The predicted molar refractivity (Wildman–Crippen MR) is 103 cm³/mol. The highest BCUT2D eigenvalue weighted by Crippen LogP contribution is 2.20. The number of anilines is 1. The second-order valence-corrected chi connectivity index (χ2v) is 6.62. The van der Waals surface area contributed by atoms with Gasteiger partial charge >= 0.3 is 6.03 Å². The minimum atomic E-state index is -0.170. The number of aromatic nitrogens is 3. The highest BCUT2D eigenvalue weighted by molar-refractivity contribution is 5.89. The van der Waals surface area contributed by atoms with E-state index < -0.39 is 0 Å². The fourth-order valence-corrected chi connectivity index (χ4v) is 2.67. The molecule has 7 heteroatoms. The van der Waals surface area contributed by atoms with Gasteiger partial charge < -0.3 is 14.6 Å². The van der Waals surface area contributed by atoms with Crippen LogP contribution in [0.15, 0.2) is 47.0 Å². The Morgan fingerprint density at radius 3 is 2.56 bits per heavy atom. The van der Waals surface area contributed by atoms with Gasteiger partial charge in [0.1, 0.15) is 0 Å². The average Bonchev–Trinajstić information content (AvgIpc) is 3.08. The number of hydrogen-bond acceptors (Lipinski definition) is 5. The van der Waals surface area contributed by atoms with Gasteiger partial charge in [0, 0.05) is 49.6 Å². The molecule has 1 N–H and O–H groups in total. The quantitative estimate of drug-likeness (QED) is 0.742. The monoisotopic (exact) mass is 365 g/mol. The lowest BCUT2D eigenvalue weighted by Crippen LogP contribution is -2.39. The van der Waals surface area contributed by atoms with Crippen LogP contribution < -0.4 is 5.32 Å². The zero-order valence-corrected chi connectivity index (χ0v) is 15.9. The van der Waals surface area contributed by atoms with Gasteiger partial charge in [0.15, 0.2) is 0 Å². The second-order valence-electron chi connectivity index (χ2n) is 6.62. The number of benzene rings is 1. The van der Waals surface area contributed by atoms with Crippen molar-refractivity contribution in [3.05, 3.63) is 59.7 Å². The summed E-state index contributed by atoms with van der Waals surface area (Å²) in [6, 6.07) is 11.1. The lowest BCUT2D eigenvalue weighted by Gasteiger charge is -2.25. The Bertz CT molecular complexity index is 920. The maximum absolute atomic E-state index is 12.5. The number of hydrogen-bond donors (Lipinski definition) is 1. The molecule has 0 aliphatic rings. The summed E-state index contributed by atoms with van der Waals surface area (Å²) in [7, 11) is 1.78. The lowest BCUT2D eigenvalue weighted by molar-refractivity contribution is 0.207. The molecule has 0 fully saturated rings. The molecule has 0 aliphatic carbocycles. The number of rotatable bonds is 5. The van der Waals surface area contributed by atoms with E-state index in [2.05, 4.69) is 20.5 Å². The van der Waals surface area contributed by atoms with Crippen molar-refractivity contribution in [3.63, 3.8) is 0 Å². The van der Waals surface area contributed by atoms with Crippen molar-refractivity contribution in [2.75, 3.05) is 12.4 Å². The minimum absolute atomic E-state index is 0.0138. The van der Waals surface area contributed by atoms with Crippen LogP contribution in [0.1, 0.15) is 24.1 Å². The van der Waals surface area contributed by atoms with E-state index >= 15 is 0 Å². The normalized spacial score (nSPS) is 11.9. The Kier molecular flexibility index (Phi) is 5.49. The molecule has 0 saturated heterocycles. The van der Waals surface area contributed by atoms with Crippen molar-refractivity contribution in [1.29, 1.82) is 0 Å². The van der Waals surface area contributed by atoms with Crippen LogP contribution in [0.25, 0.3) is 11.5 Å². The number of nitrogens with zero attached hydrogens (tertiary/aromatic N) is 4. The number of aryl methyl sites for hydroxylation is 2. The fraction of sp³-hybridized carbons (Fsp3) is 0.300. The van der Waals surface area contributed by atoms with Crippen molar-refractivity contribution < 1.29 is 9.21 Å². The van der Waals surface area contributed by atoms with Gasteiger partial charge in [-0.15, -0.1) is 10.2 Å². The molecule has 0 spiro atoms. The van der Waals surface area contributed by atoms with Gasteiger partial charge in [0.05, 0.1) is 0 Å². The Morgan fingerprint density at radius 2 is 1.93 bits per heavy atom. The molecule has 140 valence electrons. The van der Waals surface area contributed by atoms with Crippen molar-refractivity contribution in [2.24, 2.45) is 0 Å². The molecule has 3 aromatic rings. The number of urea groups is 1. The Hall–Kier alpha value is -3.22. The third kappa shape index (κ3) is 4.69. The van der Waals surface area contributed by atoms with Gasteiger partial charge in [-0.05, 0) is 55.8 Å². The molecular formula is C20H23N5O2. The Morgan fingerprint density at radius 1 is 1.19 bits per heavy atom. The molecule has 2 aromatic heterocycles. The molecule has 0 unspecified atom stereocenters. The van der Waals surface area contributed by atoms with Crippen LogP contribution in [0, 0.1) is 13.8 Å². The van der Waals surface area contributed by atoms with Gasteiger partial charge in [-0.1, -0.05) is 0 Å². The molecule has 2 heterocycles. The Balaban J connectivity index is 1.60. The van der Waals surface area contributed by atoms with Gasteiger partial charge in [-0.3, -0.25) is 4.98 Å². The molecule has 27 heavy (non-hydrogen) atoms. The van der Waals surface area contributed by atoms with Crippen molar-refractivity contribution in [3.8, 4) is 11.5 Å². The van der Waals surface area contributed by atoms with Crippen molar-refractivity contribution in [1.82, 2.24) is 20.1 Å². The van der Waals surface area contributed by atoms with E-state index in [0.29, 0.717) is 23.9 Å². The summed E-state index contributed by atoms with van der Waals surface area (Å²) in [6.07, 6.45) is 2.49. The van der Waals surface area contributed by atoms with E-state index in [1.54, 1.807) is 25.1 Å². The van der Waals surface area contributed by atoms with Crippen molar-refractivity contribution >= 4 is 11.7 Å². The molecule has 1 aromatic carbocycles. The Labute approximate surface area is 158 Å². The number of likely N-dealkylation sites (N-methyl/N-ethyl adjacent to an activating group) is 1. The number of nitrogens with one attached hydrogen (secondary N) is 1. The van der Waals surface area contributed by atoms with Crippen LogP contribution in [0.4, 0.5) is 10.5 Å². The fourth-order valence-electron chi connectivity index (χ4n) is 2.67. The zero-order valence-electron chi connectivity index (χ0n) is 15.9. The van der Waals surface area contributed by atoms with Gasteiger partial charge in [-0.25, -0.2) is 4.79 Å². The van der Waals surface area contributed by atoms with Crippen LogP contribution in [-0.4, -0.2) is 39.2 Å². The standard InChI is InChI=1S/C20H23N5O2/c1-13-9-10-21-18(11-13)12-14(2)25(4)20(26)22-17-7-5-16(6-8-17)19-24-23-15(3)27-19/h5-11,14H,12H2,1-4H3,(H,22,26)/t14-/m0/s1. The molecule has 1 atom stereocenters. The summed E-state index contributed by atoms with van der Waals surface area (Å²) in [5, 5.41) is 10.7. The first-order valence-corrected chi connectivity index (χ1v) is 8.78. The number of amides is 2. The first-order valence-electron chi connectivity index (χ1n) is 8.78. The first-order chi connectivity index (χ1) is 12.9. The van der Waals surface area contributed by atoms with E-state index in [1.807, 2.05) is 50.2 Å². The summed E-state index contributed by atoms with van der Waals surface area (Å²) >= 11 is 0. The first kappa shape index (κ1) is 18.6. The molecule has 3 rings (SSSR count). The molecule has 0 bridgehead atoms. The molecule has 0 aliphatic heterocycles. The number of pyridine rings is 1. The molecule has 0 saturated carbocycles. The van der Waals surface area contributed by atoms with Crippen LogP contribution in [0.3, 0.4) is 0 Å². The smallest absolute Gasteiger partial charge is 0.321 e. The van der Waals surface area contributed by atoms with Crippen molar-refractivity contribution in [2.45, 2.75) is 33.2 Å². The van der Waals surface area contributed by atoms with E-state index in [1.165, 1.54) is 0 Å². The van der Waals surface area contributed by atoms with Gasteiger partial charge in [0.25, 0.3) is 0 Å². The third-order valence-electron chi connectivity index (χ3n) is 4.37. The second kappa shape index (κ2) is 7.99. The highest BCUT2D eigenvalue weighted by Gasteiger charge is 2.17. The summed E-state index contributed by atoms with van der Waals surface area (Å²) in [5.41, 5.74) is 3.64. The zero-order chi connectivity index (χ0) is 19.4. The van der Waals surface area contributed by atoms with E-state index in [0.717, 1.165) is 16.8 Å². The SMILES string of the molecule is Cc1ccnc(C[C@H](C)N(C)C(=O)Nc2ccc(-c3nnc(C)o3)cc2)c1. The largest absolute Gasteiger partial charge is 0.421 e. The molecular weight excluding hydrogens is 342 g/mol. The summed E-state index contributed by atoms with van der Waals surface area (Å²) in [6.45, 7) is 5.78. The van der Waals surface area contributed by atoms with E-state index in [-0.39, 0.29) is 12.1 Å². The predicted octanol–water partition coefficient (Wildman–Crippen LogP) is 3.84. The lowest BCUT2D eigenvalue weighted by atomic mass is 10.1. The topological polar surface area (TPSA) is 84.2 Å². The van der Waals surface area contributed by atoms with Crippen LogP contribution in [0.2, 0.25) is 0 Å². The maximum atomic E-state index is 12.5. The minimum Gasteiger partial charge on any atom is -0.421 e. The van der Waals surface area contributed by atoms with E-state index in [9.17, 15) is 4.79 Å². The van der Waals surface area contributed by atoms with Crippen LogP contribution >= 0.6 is 0 Å². The van der Waals surface area contributed by atoms with Gasteiger partial charge in [-0.2, -0.15) is 0 Å². The number of carbonyl (C=O) groups is 1. The average molecular weight is 365 g/mol. The molecule has 2 amide bonds. The molecule has 0 radical (unpaired) electrons. The van der Waals surface area contributed by atoms with E-state index in [4.69, 9.17) is 4.42 Å². The van der Waals surface area contributed by atoms with Gasteiger partial charge in [0.2, 0.25) is 11.8 Å².